The first-order valence-electron chi connectivity index (χ1n) is 8.22. The first-order chi connectivity index (χ1) is 13.1. The van der Waals surface area contributed by atoms with Gasteiger partial charge in [-0.15, -0.1) is 0 Å². The van der Waals surface area contributed by atoms with Crippen LogP contribution in [0.15, 0.2) is 60.9 Å². The largest absolute Gasteiger partial charge is 0.484 e. The molecule has 3 aromatic rings. The Bertz CT molecular complexity index is 959. The number of amides is 1. The molecule has 0 spiro atoms. The Hall–Kier alpha value is -3.66. The van der Waals surface area contributed by atoms with Crippen molar-refractivity contribution in [2.75, 3.05) is 6.61 Å². The summed E-state index contributed by atoms with van der Waals surface area (Å²) >= 11 is 0. The molecule has 1 aromatic heterocycles. The maximum Gasteiger partial charge on any atom is 0.258 e. The molecule has 3 rings (SSSR count). The number of carbonyl (C=O) groups is 1. The molecule has 0 aliphatic rings. The molecule has 0 unspecified atom stereocenters. The van der Waals surface area contributed by atoms with E-state index in [1.54, 1.807) is 53.4 Å². The average Bonchev–Trinajstić information content (AvgIpc) is 3.11. The Balaban J connectivity index is 1.71. The number of imidazole rings is 1. The smallest absolute Gasteiger partial charge is 0.258 e. The molecule has 1 heterocycles. The predicted molar refractivity (Wildman–Crippen MR) is 96.2 cm³/mol. The van der Waals surface area contributed by atoms with E-state index in [9.17, 15) is 9.18 Å². The van der Waals surface area contributed by atoms with E-state index in [2.05, 4.69) is 10.3 Å². The van der Waals surface area contributed by atoms with Crippen LogP contribution >= 0.6 is 0 Å². The van der Waals surface area contributed by atoms with Crippen LogP contribution in [0.3, 0.4) is 0 Å². The molecule has 0 saturated heterocycles. The van der Waals surface area contributed by atoms with Crippen LogP contribution in [0.5, 0.6) is 5.75 Å². The molecule has 0 bridgehead atoms. The van der Waals surface area contributed by atoms with Gasteiger partial charge in [0.25, 0.3) is 5.91 Å². The molecule has 0 aliphatic carbocycles. The number of carbonyl (C=O) groups excluding carboxylic acids is 1. The predicted octanol–water partition coefficient (Wildman–Crippen LogP) is 2.72. The third-order valence-electron chi connectivity index (χ3n) is 3.98. The van der Waals surface area contributed by atoms with Crippen molar-refractivity contribution < 1.29 is 13.9 Å². The van der Waals surface area contributed by atoms with E-state index in [4.69, 9.17) is 10.00 Å². The molecule has 0 saturated carbocycles. The van der Waals surface area contributed by atoms with E-state index < -0.39 is 6.04 Å². The van der Waals surface area contributed by atoms with Gasteiger partial charge in [-0.1, -0.05) is 12.1 Å². The topological polar surface area (TPSA) is 79.9 Å². The molecule has 1 amide bonds. The second-order valence-electron chi connectivity index (χ2n) is 5.87. The number of aromatic nitrogens is 2. The number of nitrogens with one attached hydrogen (secondary N) is 1. The standard InChI is InChI=1S/C20H17FN4O2/c1-25-11-10-23-20(25)19(15-4-6-16(21)7-5-15)24-18(26)13-27-17-8-2-14(12-22)3-9-17/h2-11,19H,13H2,1H3,(H,24,26)/t19-/m1/s1. The van der Waals surface area contributed by atoms with Crippen LogP contribution in [0, 0.1) is 17.1 Å². The van der Waals surface area contributed by atoms with Crippen LogP contribution < -0.4 is 10.1 Å². The molecular weight excluding hydrogens is 347 g/mol. The number of benzene rings is 2. The van der Waals surface area contributed by atoms with E-state index >= 15 is 0 Å². The van der Waals surface area contributed by atoms with E-state index in [-0.39, 0.29) is 18.3 Å². The van der Waals surface area contributed by atoms with Crippen molar-refractivity contribution in [3.8, 4) is 11.8 Å². The van der Waals surface area contributed by atoms with Crippen molar-refractivity contribution in [3.05, 3.63) is 83.7 Å². The van der Waals surface area contributed by atoms with Gasteiger partial charge >= 0.3 is 0 Å². The van der Waals surface area contributed by atoms with Crippen LogP contribution in [0.2, 0.25) is 0 Å². The zero-order valence-electron chi connectivity index (χ0n) is 14.6. The molecule has 1 N–H and O–H groups in total. The Morgan fingerprint density at radius 1 is 1.26 bits per heavy atom. The summed E-state index contributed by atoms with van der Waals surface area (Å²) in [7, 11) is 1.82. The van der Waals surface area contributed by atoms with Crippen molar-refractivity contribution >= 4 is 5.91 Å². The number of rotatable bonds is 6. The molecule has 0 fully saturated rings. The third-order valence-corrected chi connectivity index (χ3v) is 3.98. The number of nitriles is 1. The summed E-state index contributed by atoms with van der Waals surface area (Å²) in [4.78, 5) is 16.7. The van der Waals surface area contributed by atoms with Gasteiger partial charge in [0.1, 0.15) is 23.4 Å². The summed E-state index contributed by atoms with van der Waals surface area (Å²) in [6, 6.07) is 13.9. The van der Waals surface area contributed by atoms with Crippen molar-refractivity contribution in [2.45, 2.75) is 6.04 Å². The van der Waals surface area contributed by atoms with Gasteiger partial charge in [-0.3, -0.25) is 4.79 Å². The molecule has 0 radical (unpaired) electrons. The maximum absolute atomic E-state index is 13.2. The lowest BCUT2D eigenvalue weighted by Crippen LogP contribution is -2.34. The summed E-state index contributed by atoms with van der Waals surface area (Å²) in [5, 5.41) is 11.7. The zero-order valence-corrected chi connectivity index (χ0v) is 14.6. The number of halogens is 1. The second-order valence-corrected chi connectivity index (χ2v) is 5.87. The monoisotopic (exact) mass is 364 g/mol. The first kappa shape index (κ1) is 18.1. The van der Waals surface area contributed by atoms with Crippen LogP contribution in [0.25, 0.3) is 0 Å². The summed E-state index contributed by atoms with van der Waals surface area (Å²) in [5.74, 6) is 0.400. The van der Waals surface area contributed by atoms with E-state index in [0.717, 1.165) is 0 Å². The summed E-state index contributed by atoms with van der Waals surface area (Å²) in [5.41, 5.74) is 1.22. The normalized spacial score (nSPS) is 11.4. The second kappa shape index (κ2) is 8.15. The van der Waals surface area contributed by atoms with E-state index in [1.165, 1.54) is 12.1 Å². The van der Waals surface area contributed by atoms with E-state index in [0.29, 0.717) is 22.7 Å². The molecule has 0 aliphatic heterocycles. The number of hydrogen-bond acceptors (Lipinski definition) is 4. The minimum atomic E-state index is -0.539. The van der Waals surface area contributed by atoms with Gasteiger partial charge in [-0.2, -0.15) is 5.26 Å². The van der Waals surface area contributed by atoms with E-state index in [1.807, 2.05) is 13.1 Å². The van der Waals surface area contributed by atoms with Crippen LogP contribution in [0.4, 0.5) is 4.39 Å². The quantitative estimate of drug-likeness (QED) is 0.729. The molecular formula is C20H17FN4O2. The highest BCUT2D eigenvalue weighted by Crippen LogP contribution is 2.21. The zero-order chi connectivity index (χ0) is 19.2. The summed E-state index contributed by atoms with van der Waals surface area (Å²) < 4.78 is 20.5. The molecule has 27 heavy (non-hydrogen) atoms. The SMILES string of the molecule is Cn1ccnc1[C@H](NC(=O)COc1ccc(C#N)cc1)c1ccc(F)cc1. The lowest BCUT2D eigenvalue weighted by atomic mass is 10.1. The fourth-order valence-electron chi connectivity index (χ4n) is 2.58. The lowest BCUT2D eigenvalue weighted by Gasteiger charge is -2.19. The Kier molecular flexibility index (Phi) is 5.47. The fourth-order valence-corrected chi connectivity index (χ4v) is 2.58. The number of nitrogens with zero attached hydrogens (tertiary/aromatic N) is 3. The van der Waals surface area contributed by atoms with Gasteiger partial charge in [-0.05, 0) is 42.0 Å². The minimum Gasteiger partial charge on any atom is -0.484 e. The molecule has 136 valence electrons. The molecule has 6 nitrogen and oxygen atoms in total. The lowest BCUT2D eigenvalue weighted by molar-refractivity contribution is -0.123. The van der Waals surface area contributed by atoms with Gasteiger partial charge in [0, 0.05) is 19.4 Å². The highest BCUT2D eigenvalue weighted by atomic mass is 19.1. The van der Waals surface area contributed by atoms with Crippen molar-refractivity contribution in [1.29, 1.82) is 5.26 Å². The summed E-state index contributed by atoms with van der Waals surface area (Å²) in [6.45, 7) is -0.200. The Morgan fingerprint density at radius 3 is 2.56 bits per heavy atom. The van der Waals surface area contributed by atoms with Gasteiger partial charge in [0.2, 0.25) is 0 Å². The van der Waals surface area contributed by atoms with Gasteiger partial charge in [0.15, 0.2) is 6.61 Å². The Labute approximate surface area is 155 Å². The van der Waals surface area contributed by atoms with Gasteiger partial charge in [0.05, 0.1) is 11.6 Å². The van der Waals surface area contributed by atoms with Gasteiger partial charge in [-0.25, -0.2) is 9.37 Å². The van der Waals surface area contributed by atoms with Crippen molar-refractivity contribution in [2.24, 2.45) is 7.05 Å². The highest BCUT2D eigenvalue weighted by molar-refractivity contribution is 5.78. The van der Waals surface area contributed by atoms with Gasteiger partial charge < -0.3 is 14.6 Å². The summed E-state index contributed by atoms with van der Waals surface area (Å²) in [6.07, 6.45) is 3.40. The Morgan fingerprint density at radius 2 is 1.96 bits per heavy atom. The molecule has 1 atom stereocenters. The van der Waals surface area contributed by atoms with Crippen molar-refractivity contribution in [1.82, 2.24) is 14.9 Å². The van der Waals surface area contributed by atoms with Crippen molar-refractivity contribution in [3.63, 3.8) is 0 Å². The molecule has 7 heteroatoms. The average molecular weight is 364 g/mol. The first-order valence-corrected chi connectivity index (χ1v) is 8.22. The highest BCUT2D eigenvalue weighted by Gasteiger charge is 2.21. The van der Waals surface area contributed by atoms with Crippen LogP contribution in [-0.4, -0.2) is 22.1 Å². The van der Waals surface area contributed by atoms with Crippen LogP contribution in [-0.2, 0) is 11.8 Å². The third kappa shape index (κ3) is 4.50. The number of hydrogen-bond donors (Lipinski definition) is 1. The number of aryl methyl sites for hydroxylation is 1. The van der Waals surface area contributed by atoms with Crippen LogP contribution in [0.1, 0.15) is 23.0 Å². The maximum atomic E-state index is 13.2. The number of ether oxygens (including phenoxy) is 1. The molecule has 2 aromatic carbocycles. The fraction of sp³-hybridized carbons (Fsp3) is 0.150. The minimum absolute atomic E-state index is 0.200.